The number of carbonyl (C=O) groups excluding carboxylic acids is 2. The second-order valence-electron chi connectivity index (χ2n) is 17.1. The number of benzene rings is 3. The molecule has 5 heterocycles. The van der Waals surface area contributed by atoms with Gasteiger partial charge >= 0.3 is 6.03 Å². The van der Waals surface area contributed by atoms with Crippen molar-refractivity contribution < 1.29 is 23.3 Å². The van der Waals surface area contributed by atoms with Gasteiger partial charge in [0.1, 0.15) is 24.5 Å². The van der Waals surface area contributed by atoms with Gasteiger partial charge < -0.3 is 29.7 Å². The second-order valence-corrected chi connectivity index (χ2v) is 21.2. The fraction of sp³-hybridized carbons (Fsp3) is 0.400. The Morgan fingerprint density at radius 1 is 0.873 bits per heavy atom. The van der Waals surface area contributed by atoms with Crippen molar-refractivity contribution in [3.63, 3.8) is 0 Å². The van der Waals surface area contributed by atoms with Crippen LogP contribution >= 0.6 is 23.1 Å². The molecule has 3 aliphatic heterocycles. The van der Waals surface area contributed by atoms with Gasteiger partial charge in [0.15, 0.2) is 0 Å². The second kappa shape index (κ2) is 17.6. The first kappa shape index (κ1) is 42.8. The lowest BCUT2D eigenvalue weighted by Gasteiger charge is -2.44. The highest BCUT2D eigenvalue weighted by Gasteiger charge is 2.32. The van der Waals surface area contributed by atoms with Gasteiger partial charge in [0.25, 0.3) is 0 Å². The van der Waals surface area contributed by atoms with Gasteiger partial charge in [0, 0.05) is 112 Å². The van der Waals surface area contributed by atoms with E-state index in [1.807, 2.05) is 25.5 Å². The van der Waals surface area contributed by atoms with Crippen LogP contribution in [0.4, 0.5) is 49.4 Å². The number of rotatable bonds is 12. The molecule has 0 spiro atoms. The molecule has 9 rings (SSSR count). The highest BCUT2D eigenvalue weighted by atomic mass is 79.9. The maximum atomic E-state index is 15.5. The number of amides is 3. The van der Waals surface area contributed by atoms with Crippen molar-refractivity contribution in [2.75, 3.05) is 91.6 Å². The summed E-state index contributed by atoms with van der Waals surface area (Å²) in [5.41, 5.74) is 6.66. The van der Waals surface area contributed by atoms with E-state index in [-0.39, 0.29) is 24.7 Å². The van der Waals surface area contributed by atoms with Crippen molar-refractivity contribution in [2.24, 2.45) is 7.05 Å². The fourth-order valence-corrected chi connectivity index (χ4v) is 10.4. The van der Waals surface area contributed by atoms with Crippen LogP contribution in [-0.2, 0) is 16.4 Å². The Bertz CT molecular complexity index is 2600. The molecule has 4 aliphatic rings. The number of halogens is 2. The SMILES string of the molecule is COc1cc(N2CCC(N3CCN(c4ccc(N5CCC(=O)NC5=O)cc4F)CC3)CC2)c(-c2cnn(C)c2)cc1Nc1ncc(Br)c(Nc2ccc(C3CC3)cc2P(C)(C)=O)n1. The zero-order valence-corrected chi connectivity index (χ0v) is 38.4. The summed E-state index contributed by atoms with van der Waals surface area (Å²) in [6.07, 6.45) is 10.0. The minimum Gasteiger partial charge on any atom is -0.494 e. The van der Waals surface area contributed by atoms with Crippen molar-refractivity contribution in [2.45, 2.75) is 44.1 Å². The summed E-state index contributed by atoms with van der Waals surface area (Å²) in [5.74, 6) is 1.39. The predicted octanol–water partition coefficient (Wildman–Crippen LogP) is 7.64. The molecular formula is C45H52BrFN11O4P. The van der Waals surface area contributed by atoms with Crippen molar-refractivity contribution in [3.8, 4) is 16.9 Å². The van der Waals surface area contributed by atoms with Gasteiger partial charge in [0.2, 0.25) is 11.9 Å². The maximum absolute atomic E-state index is 15.5. The normalized spacial score (nSPS) is 17.8. The number of aryl methyl sites for hydroxylation is 1. The van der Waals surface area contributed by atoms with Crippen LogP contribution in [0.3, 0.4) is 0 Å². The molecule has 330 valence electrons. The van der Waals surface area contributed by atoms with E-state index in [2.05, 4.69) is 80.9 Å². The molecule has 1 saturated carbocycles. The van der Waals surface area contributed by atoms with E-state index < -0.39 is 13.2 Å². The first-order chi connectivity index (χ1) is 30.3. The zero-order chi connectivity index (χ0) is 44.0. The molecule has 4 fully saturated rings. The molecule has 3 aromatic carbocycles. The number of ether oxygens (including phenoxy) is 1. The third-order valence-corrected chi connectivity index (χ3v) is 14.6. The highest BCUT2D eigenvalue weighted by Crippen LogP contribution is 2.45. The number of nitrogens with one attached hydrogen (secondary N) is 3. The number of piperazine rings is 1. The Hall–Kier alpha value is -5.51. The summed E-state index contributed by atoms with van der Waals surface area (Å²) in [6, 6.07) is 15.1. The van der Waals surface area contributed by atoms with Gasteiger partial charge in [-0.05, 0) is 103 Å². The number of anilines is 7. The van der Waals surface area contributed by atoms with Crippen LogP contribution in [0.1, 0.15) is 43.6 Å². The third-order valence-electron chi connectivity index (χ3n) is 12.5. The largest absolute Gasteiger partial charge is 0.494 e. The van der Waals surface area contributed by atoms with Gasteiger partial charge in [-0.25, -0.2) is 14.2 Å². The molecule has 5 aromatic rings. The predicted molar refractivity (Wildman–Crippen MR) is 250 cm³/mol. The summed E-state index contributed by atoms with van der Waals surface area (Å²) < 4.78 is 37.4. The molecule has 15 nitrogen and oxygen atoms in total. The van der Waals surface area contributed by atoms with Gasteiger partial charge in [-0.3, -0.25) is 24.6 Å². The summed E-state index contributed by atoms with van der Waals surface area (Å²) in [5, 5.41) is 14.5. The molecular weight excluding hydrogens is 888 g/mol. The monoisotopic (exact) mass is 939 g/mol. The average Bonchev–Trinajstić information content (AvgIpc) is 4.03. The molecule has 0 unspecified atom stereocenters. The lowest BCUT2D eigenvalue weighted by molar-refractivity contribution is -0.120. The van der Waals surface area contributed by atoms with Crippen LogP contribution in [0.25, 0.3) is 11.1 Å². The van der Waals surface area contributed by atoms with E-state index >= 15 is 4.39 Å². The van der Waals surface area contributed by atoms with Crippen LogP contribution in [0.15, 0.2) is 71.6 Å². The van der Waals surface area contributed by atoms with Crippen molar-refractivity contribution in [1.29, 1.82) is 0 Å². The number of hydrogen-bond donors (Lipinski definition) is 3. The summed E-state index contributed by atoms with van der Waals surface area (Å²) in [4.78, 5) is 41.8. The number of urea groups is 1. The van der Waals surface area contributed by atoms with Crippen molar-refractivity contribution in [3.05, 3.63) is 83.0 Å². The number of hydrogen-bond acceptors (Lipinski definition) is 12. The maximum Gasteiger partial charge on any atom is 0.328 e. The number of nitrogens with zero attached hydrogens (tertiary/aromatic N) is 8. The zero-order valence-electron chi connectivity index (χ0n) is 35.9. The molecule has 0 atom stereocenters. The molecule has 1 aliphatic carbocycles. The lowest BCUT2D eigenvalue weighted by atomic mass is 9.98. The standard InChI is InChI=1S/C45H52BrFN11O4P/c1-54-27-30(25-49-54)33-23-37(51-44-48-26-34(46)43(53-44)50-36-9-7-29(28-5-6-28)21-41(36)63(3,4)61)40(62-2)24-39(33)56-14-11-31(12-15-56)55-17-19-57(20-18-55)38-10-8-32(22-35(38)47)58-16-13-42(59)52-45(58)60/h7-10,21-28,31H,5-6,11-20H2,1-4H3,(H,52,59,60)(H2,48,50,51,53). The molecule has 2 aromatic heterocycles. The molecule has 0 bridgehead atoms. The highest BCUT2D eigenvalue weighted by molar-refractivity contribution is 9.10. The Morgan fingerprint density at radius 3 is 2.30 bits per heavy atom. The minimum absolute atomic E-state index is 0.186. The van der Waals surface area contributed by atoms with Crippen LogP contribution in [0.2, 0.25) is 0 Å². The van der Waals surface area contributed by atoms with Gasteiger partial charge in [-0.2, -0.15) is 10.1 Å². The van der Waals surface area contributed by atoms with Crippen LogP contribution in [-0.4, -0.2) is 109 Å². The topological polar surface area (TPSA) is 153 Å². The van der Waals surface area contributed by atoms with Crippen LogP contribution < -0.4 is 40.7 Å². The average molecular weight is 941 g/mol. The molecule has 63 heavy (non-hydrogen) atoms. The summed E-state index contributed by atoms with van der Waals surface area (Å²) >= 11 is 3.62. The van der Waals surface area contributed by atoms with E-state index in [0.717, 1.165) is 66.8 Å². The number of aromatic nitrogens is 4. The molecule has 18 heteroatoms. The van der Waals surface area contributed by atoms with E-state index in [1.54, 1.807) is 43.5 Å². The quantitative estimate of drug-likeness (QED) is 0.106. The van der Waals surface area contributed by atoms with Gasteiger partial charge in [-0.15, -0.1) is 0 Å². The van der Waals surface area contributed by atoms with Crippen molar-refractivity contribution >= 4 is 80.5 Å². The van der Waals surface area contributed by atoms with E-state index in [0.29, 0.717) is 64.1 Å². The van der Waals surface area contributed by atoms with Crippen LogP contribution in [0, 0.1) is 5.82 Å². The first-order valence-electron chi connectivity index (χ1n) is 21.4. The summed E-state index contributed by atoms with van der Waals surface area (Å²) in [6.45, 7) is 8.54. The van der Waals surface area contributed by atoms with E-state index in [4.69, 9.17) is 9.72 Å². The third kappa shape index (κ3) is 9.27. The molecule has 3 amide bonds. The fourth-order valence-electron chi connectivity index (χ4n) is 8.95. The number of carbonyl (C=O) groups is 2. The molecule has 0 radical (unpaired) electrons. The van der Waals surface area contributed by atoms with E-state index in [9.17, 15) is 14.2 Å². The van der Waals surface area contributed by atoms with Gasteiger partial charge in [-0.1, -0.05) is 6.07 Å². The summed E-state index contributed by atoms with van der Waals surface area (Å²) in [7, 11) is 0.964. The number of methoxy groups -OCH3 is 1. The Balaban J connectivity index is 0.883. The molecule has 3 saturated heterocycles. The Morgan fingerprint density at radius 2 is 1.63 bits per heavy atom. The van der Waals surface area contributed by atoms with Gasteiger partial charge in [0.05, 0.1) is 34.8 Å². The lowest BCUT2D eigenvalue weighted by Crippen LogP contribution is -2.53. The minimum atomic E-state index is -2.60. The Kier molecular flexibility index (Phi) is 11.9. The van der Waals surface area contributed by atoms with Crippen molar-refractivity contribution in [1.82, 2.24) is 30.0 Å². The van der Waals surface area contributed by atoms with Crippen LogP contribution in [0.5, 0.6) is 5.75 Å². The first-order valence-corrected chi connectivity index (χ1v) is 24.8. The number of imide groups is 1. The van der Waals surface area contributed by atoms with E-state index in [1.165, 1.54) is 29.4 Å². The smallest absolute Gasteiger partial charge is 0.328 e. The Labute approximate surface area is 374 Å². The number of piperidine rings is 1. The molecule has 3 N–H and O–H groups in total.